The molecule has 3 fully saturated rings. The summed E-state index contributed by atoms with van der Waals surface area (Å²) in [6, 6.07) is 10.9. The summed E-state index contributed by atoms with van der Waals surface area (Å²) in [7, 11) is 6.15. The first-order chi connectivity index (χ1) is 31.7. The van der Waals surface area contributed by atoms with Gasteiger partial charge in [-0.25, -0.2) is 9.78 Å². The number of aromatic amines is 1. The number of hydrogen-bond acceptors (Lipinski definition) is 14. The summed E-state index contributed by atoms with van der Waals surface area (Å²) >= 11 is 1.38. The van der Waals surface area contributed by atoms with Gasteiger partial charge < -0.3 is 44.2 Å². The minimum atomic E-state index is -2.33. The van der Waals surface area contributed by atoms with Crippen molar-refractivity contribution in [1.29, 1.82) is 0 Å². The summed E-state index contributed by atoms with van der Waals surface area (Å²) < 4.78 is 24.2. The normalized spacial score (nSPS) is 34.2. The highest BCUT2D eigenvalue weighted by atomic mass is 32.1. The summed E-state index contributed by atoms with van der Waals surface area (Å²) in [4.78, 5) is 72.0. The quantitative estimate of drug-likeness (QED) is 0.118. The molecule has 2 aromatic carbocycles. The van der Waals surface area contributed by atoms with E-state index in [-0.39, 0.29) is 17.9 Å². The molecule has 15 nitrogen and oxygen atoms in total. The molecule has 4 aromatic rings. The number of methoxy groups -OCH3 is 3. The fraction of sp³-hybridized carbons (Fsp3) is 0.540. The largest absolute Gasteiger partial charge is 0.496 e. The molecule has 1 aliphatic carbocycles. The molecule has 1 amide bonds. The number of nitrogens with one attached hydrogen (secondary N) is 2. The van der Waals surface area contributed by atoms with E-state index >= 15 is 4.79 Å². The van der Waals surface area contributed by atoms with E-state index in [0.29, 0.717) is 88.3 Å². The summed E-state index contributed by atoms with van der Waals surface area (Å²) in [5.74, 6) is -1.86. The van der Waals surface area contributed by atoms with Crippen LogP contribution >= 0.6 is 11.3 Å². The third-order valence-corrected chi connectivity index (χ3v) is 17.3. The number of H-pyrrole nitrogens is 1. The molecule has 1 saturated carbocycles. The van der Waals surface area contributed by atoms with E-state index in [1.165, 1.54) is 32.5 Å². The van der Waals surface area contributed by atoms with E-state index in [0.717, 1.165) is 33.4 Å². The van der Waals surface area contributed by atoms with Gasteiger partial charge in [-0.2, -0.15) is 0 Å². The Morgan fingerprint density at radius 1 is 1.00 bits per heavy atom. The molecule has 66 heavy (non-hydrogen) atoms. The van der Waals surface area contributed by atoms with Gasteiger partial charge in [0.05, 0.1) is 38.4 Å². The number of hydrogen-bond donors (Lipinski definition) is 3. The predicted molar refractivity (Wildman–Crippen MR) is 248 cm³/mol. The van der Waals surface area contributed by atoms with E-state index in [4.69, 9.17) is 18.9 Å². The van der Waals surface area contributed by atoms with Crippen molar-refractivity contribution in [2.75, 3.05) is 66.0 Å². The molecule has 16 heteroatoms. The van der Waals surface area contributed by atoms with Crippen LogP contribution < -0.4 is 15.0 Å². The van der Waals surface area contributed by atoms with Gasteiger partial charge in [0.25, 0.3) is 5.91 Å². The molecule has 10 atom stereocenters. The number of nitrogens with zero attached hydrogens (tertiary/aromatic N) is 4. The number of para-hydroxylation sites is 1. The Bertz CT molecular complexity index is 2650. The van der Waals surface area contributed by atoms with Gasteiger partial charge in [0, 0.05) is 96.3 Å². The maximum atomic E-state index is 15.6. The fourth-order valence-corrected chi connectivity index (χ4v) is 14.9. The minimum Gasteiger partial charge on any atom is -0.496 e. The molecule has 5 aliphatic heterocycles. The van der Waals surface area contributed by atoms with Crippen LogP contribution in [0.4, 0.5) is 5.69 Å². The van der Waals surface area contributed by atoms with Crippen molar-refractivity contribution in [3.63, 3.8) is 0 Å². The molecule has 7 heterocycles. The van der Waals surface area contributed by atoms with E-state index in [1.54, 1.807) is 18.0 Å². The molecule has 1 unspecified atom stereocenters. The number of rotatable bonds is 9. The molecular formula is C50H60N6O9S. The Morgan fingerprint density at radius 2 is 1.79 bits per heavy atom. The van der Waals surface area contributed by atoms with E-state index < -0.39 is 57.4 Å². The van der Waals surface area contributed by atoms with Crippen molar-refractivity contribution in [1.82, 2.24) is 25.1 Å². The Kier molecular flexibility index (Phi) is 10.7. The van der Waals surface area contributed by atoms with Crippen molar-refractivity contribution < 1.29 is 43.2 Å². The van der Waals surface area contributed by atoms with Crippen LogP contribution in [-0.2, 0) is 45.8 Å². The lowest BCUT2D eigenvalue weighted by Crippen LogP contribution is -2.81. The second-order valence-corrected chi connectivity index (χ2v) is 20.3. The average molecular weight is 921 g/mol. The van der Waals surface area contributed by atoms with Crippen LogP contribution in [0.15, 0.2) is 59.4 Å². The molecule has 2 aromatic heterocycles. The lowest BCUT2D eigenvalue weighted by Gasteiger charge is -2.63. The summed E-state index contributed by atoms with van der Waals surface area (Å²) in [5.41, 5.74) is 0.500. The fourth-order valence-electron chi connectivity index (χ4n) is 14.3. The number of amides is 1. The van der Waals surface area contributed by atoms with Crippen LogP contribution in [0.1, 0.15) is 85.7 Å². The number of aliphatic hydroxyl groups is 1. The van der Waals surface area contributed by atoms with Crippen molar-refractivity contribution in [2.24, 2.45) is 11.3 Å². The Balaban J connectivity index is 1.23. The van der Waals surface area contributed by atoms with Crippen LogP contribution in [0.2, 0.25) is 0 Å². The van der Waals surface area contributed by atoms with Crippen molar-refractivity contribution in [2.45, 2.75) is 99.5 Å². The molecule has 0 radical (unpaired) electrons. The first kappa shape index (κ1) is 44.5. The SMILES string of the molecule is CC[C@]1(NC(=O)c2cscn2)C[C@H]2CN(CCc3c([nH]c4ccccc34)[C@@](C(=O)OC)(c3cc4c(cc3OC)N(C)[C@H]3[C@@](O)(C(=O)OC)[C@H](OC(C)=O)[C@]5(CC)C=CCN6CC[C@]43[C@@H]65)C2)C1. The van der Waals surface area contributed by atoms with Crippen LogP contribution in [0, 0.1) is 11.3 Å². The highest BCUT2D eigenvalue weighted by molar-refractivity contribution is 7.07. The Hall–Kier alpha value is -5.29. The summed E-state index contributed by atoms with van der Waals surface area (Å²) in [5, 5.41) is 19.6. The molecule has 2 saturated heterocycles. The van der Waals surface area contributed by atoms with Gasteiger partial charge in [-0.15, -0.1) is 11.3 Å². The number of aromatic nitrogens is 2. The monoisotopic (exact) mass is 920 g/mol. The molecule has 1 spiro atoms. The van der Waals surface area contributed by atoms with E-state index in [9.17, 15) is 19.5 Å². The number of esters is 3. The third kappa shape index (κ3) is 5.99. The standard InChI is InChI=1S/C50H60N6O9S/c1-8-46(53-40(58)36-26-66-28-51-36)23-30-24-49(44(59)63-6,39-32(15-19-55(25-30)27-46)31-13-10-11-14-35(31)52-39)34-21-33-37(22-38(34)62-5)54(4)42-48(33)17-20-56-18-12-16-47(9-2,41(48)56)43(65-29(3)57)50(42,61)45(60)64-7/h10-14,16,21-22,26,28,30,41-43,52,61H,8-9,15,17-20,23-25,27H2,1-7H3,(H,53,58)/t30-,41+,42-,43-,46+,47-,48-,49+,50+/m1/s1. The first-order valence-electron chi connectivity index (χ1n) is 23.2. The number of benzene rings is 2. The molecule has 10 rings (SSSR count). The second kappa shape index (κ2) is 15.9. The third-order valence-electron chi connectivity index (χ3n) is 16.7. The molecular weight excluding hydrogens is 861 g/mol. The number of ether oxygens (including phenoxy) is 4. The zero-order valence-corrected chi connectivity index (χ0v) is 39.6. The lowest BCUT2D eigenvalue weighted by atomic mass is 9.47. The number of likely N-dealkylation sites (N-methyl/N-ethyl adjacent to an activating group) is 1. The van der Waals surface area contributed by atoms with Gasteiger partial charge in [-0.05, 0) is 74.2 Å². The maximum absolute atomic E-state index is 15.6. The number of piperidine rings is 1. The van der Waals surface area contributed by atoms with Crippen LogP contribution in [0.25, 0.3) is 10.9 Å². The maximum Gasteiger partial charge on any atom is 0.344 e. The van der Waals surface area contributed by atoms with Crippen LogP contribution in [0.5, 0.6) is 5.75 Å². The van der Waals surface area contributed by atoms with Gasteiger partial charge in [0.2, 0.25) is 5.60 Å². The topological polar surface area (TPSA) is 176 Å². The minimum absolute atomic E-state index is 0.126. The average Bonchev–Trinajstić information content (AvgIpc) is 4.13. The van der Waals surface area contributed by atoms with Crippen molar-refractivity contribution >= 4 is 51.7 Å². The molecule has 6 aliphatic rings. The zero-order chi connectivity index (χ0) is 46.6. The van der Waals surface area contributed by atoms with Gasteiger partial charge >= 0.3 is 17.9 Å². The van der Waals surface area contributed by atoms with E-state index in [1.807, 2.05) is 43.1 Å². The Morgan fingerprint density at radius 3 is 2.48 bits per heavy atom. The predicted octanol–water partition coefficient (Wildman–Crippen LogP) is 4.89. The highest BCUT2D eigenvalue weighted by Gasteiger charge is 2.80. The smallest absolute Gasteiger partial charge is 0.344 e. The number of anilines is 1. The summed E-state index contributed by atoms with van der Waals surface area (Å²) in [6.07, 6.45) is 5.99. The van der Waals surface area contributed by atoms with Crippen LogP contribution in [-0.4, -0.2) is 139 Å². The molecule has 3 N–H and O–H groups in total. The first-order valence-corrected chi connectivity index (χ1v) is 24.1. The van der Waals surface area contributed by atoms with Gasteiger partial charge in [-0.3, -0.25) is 19.3 Å². The van der Waals surface area contributed by atoms with Crippen molar-refractivity contribution in [3.8, 4) is 5.75 Å². The van der Waals surface area contributed by atoms with E-state index in [2.05, 4.69) is 56.3 Å². The Labute approximate surface area is 388 Å². The zero-order valence-electron chi connectivity index (χ0n) is 38.8. The number of carbonyl (C=O) groups is 4. The van der Waals surface area contributed by atoms with Crippen LogP contribution in [0.3, 0.4) is 0 Å². The van der Waals surface area contributed by atoms with Gasteiger partial charge in [0.1, 0.15) is 16.9 Å². The number of carbonyl (C=O) groups excluding carboxylic acids is 4. The number of fused-ring (bicyclic) bond motifs is 6. The summed E-state index contributed by atoms with van der Waals surface area (Å²) in [6.45, 7) is 8.71. The van der Waals surface area contributed by atoms with Gasteiger partial charge in [-0.1, -0.05) is 44.2 Å². The highest BCUT2D eigenvalue weighted by Crippen LogP contribution is 2.68. The second-order valence-electron chi connectivity index (χ2n) is 19.6. The van der Waals surface area contributed by atoms with Crippen molar-refractivity contribution in [3.05, 3.63) is 87.5 Å². The lowest BCUT2D eigenvalue weighted by molar-refractivity contribution is -0.228. The van der Waals surface area contributed by atoms with Gasteiger partial charge in [0.15, 0.2) is 6.10 Å². The molecule has 350 valence electrons. The number of thiazole rings is 1. The molecule has 2 bridgehead atoms.